The van der Waals surface area contributed by atoms with E-state index in [1.165, 1.54) is 12.8 Å². The van der Waals surface area contributed by atoms with Crippen molar-refractivity contribution in [2.24, 2.45) is 0 Å². The fraction of sp³-hybridized carbons (Fsp3) is 0.867. The summed E-state index contributed by atoms with van der Waals surface area (Å²) in [6.07, 6.45) is 7.62. The molecule has 20 heavy (non-hydrogen) atoms. The fourth-order valence-corrected chi connectivity index (χ4v) is 1.98. The Hall–Kier alpha value is -1.26. The zero-order chi connectivity index (χ0) is 15.2. The summed E-state index contributed by atoms with van der Waals surface area (Å²) < 4.78 is 5.15. The summed E-state index contributed by atoms with van der Waals surface area (Å²) >= 11 is 0. The minimum absolute atomic E-state index is 0.383. The van der Waals surface area contributed by atoms with Gasteiger partial charge in [0.2, 0.25) is 0 Å². The smallest absolute Gasteiger partial charge is 0.405 e. The van der Waals surface area contributed by atoms with Crippen molar-refractivity contribution in [2.75, 3.05) is 6.61 Å². The van der Waals surface area contributed by atoms with Gasteiger partial charge in [-0.25, -0.2) is 9.59 Å². The van der Waals surface area contributed by atoms with Crippen LogP contribution in [0.4, 0.5) is 4.79 Å². The molecule has 0 aliphatic rings. The molecule has 0 aromatic heterocycles. The summed E-state index contributed by atoms with van der Waals surface area (Å²) in [5, 5.41) is 11.0. The lowest BCUT2D eigenvalue weighted by molar-refractivity contribution is -0.146. The van der Waals surface area contributed by atoms with Crippen LogP contribution >= 0.6 is 0 Å². The molecule has 118 valence electrons. The lowest BCUT2D eigenvalue weighted by atomic mass is 10.1. The molecule has 5 nitrogen and oxygen atoms in total. The summed E-state index contributed by atoms with van der Waals surface area (Å²) in [5.74, 6) is -0.445. The molecule has 0 aliphatic carbocycles. The molecule has 1 amide bonds. The highest BCUT2D eigenvalue weighted by Crippen LogP contribution is 2.07. The Labute approximate surface area is 122 Å². The minimum Gasteiger partial charge on any atom is -0.465 e. The molecule has 0 bridgehead atoms. The Morgan fingerprint density at radius 3 is 2.20 bits per heavy atom. The van der Waals surface area contributed by atoms with Crippen LogP contribution in [-0.4, -0.2) is 29.8 Å². The number of hydrogen-bond donors (Lipinski definition) is 2. The van der Waals surface area contributed by atoms with Crippen LogP contribution in [0.3, 0.4) is 0 Å². The lowest BCUT2D eigenvalue weighted by Gasteiger charge is -2.15. The highest BCUT2D eigenvalue weighted by atomic mass is 16.5. The Bertz CT molecular complexity index is 269. The molecule has 0 saturated heterocycles. The standard InChI is InChI=1S/C15H29NO4/c1-3-5-7-8-10-12-20-14(17)13(16-15(18)19)11-9-6-4-2/h13,16H,3-12H2,1-2H3,(H,18,19). The number of unbranched alkanes of at least 4 members (excludes halogenated alkanes) is 6. The van der Waals surface area contributed by atoms with Crippen molar-refractivity contribution >= 4 is 12.1 Å². The first kappa shape index (κ1) is 18.7. The number of esters is 1. The monoisotopic (exact) mass is 287 g/mol. The first-order valence-corrected chi connectivity index (χ1v) is 7.77. The largest absolute Gasteiger partial charge is 0.465 e. The van der Waals surface area contributed by atoms with Gasteiger partial charge in [0.05, 0.1) is 6.61 Å². The van der Waals surface area contributed by atoms with E-state index in [2.05, 4.69) is 19.2 Å². The van der Waals surface area contributed by atoms with Gasteiger partial charge in [0.25, 0.3) is 0 Å². The van der Waals surface area contributed by atoms with Crippen LogP contribution in [0.1, 0.15) is 71.6 Å². The molecule has 0 radical (unpaired) electrons. The van der Waals surface area contributed by atoms with Crippen molar-refractivity contribution in [2.45, 2.75) is 77.7 Å². The summed E-state index contributed by atoms with van der Waals surface area (Å²) in [4.78, 5) is 22.5. The molecule has 0 aliphatic heterocycles. The maximum absolute atomic E-state index is 11.8. The van der Waals surface area contributed by atoms with E-state index < -0.39 is 18.1 Å². The molecule has 1 unspecified atom stereocenters. The Morgan fingerprint density at radius 2 is 1.60 bits per heavy atom. The summed E-state index contributed by atoms with van der Waals surface area (Å²) in [6, 6.07) is -0.727. The zero-order valence-corrected chi connectivity index (χ0v) is 12.8. The van der Waals surface area contributed by atoms with Gasteiger partial charge in [-0.05, 0) is 12.8 Å². The SMILES string of the molecule is CCCCCCCOC(=O)C(CCCCC)NC(=O)O. The van der Waals surface area contributed by atoms with Crippen LogP contribution in [0.2, 0.25) is 0 Å². The maximum atomic E-state index is 11.8. The first-order chi connectivity index (χ1) is 9.61. The molecule has 0 saturated carbocycles. The van der Waals surface area contributed by atoms with Crippen molar-refractivity contribution in [3.8, 4) is 0 Å². The molecule has 0 heterocycles. The normalized spacial score (nSPS) is 11.9. The van der Waals surface area contributed by atoms with Crippen LogP contribution in [0.15, 0.2) is 0 Å². The third kappa shape index (κ3) is 10.6. The third-order valence-corrected chi connectivity index (χ3v) is 3.17. The van der Waals surface area contributed by atoms with E-state index in [4.69, 9.17) is 9.84 Å². The van der Waals surface area contributed by atoms with Crippen LogP contribution in [-0.2, 0) is 9.53 Å². The van der Waals surface area contributed by atoms with Crippen LogP contribution in [0.25, 0.3) is 0 Å². The second-order valence-electron chi connectivity index (χ2n) is 5.08. The number of rotatable bonds is 12. The van der Waals surface area contributed by atoms with Gasteiger partial charge in [0.1, 0.15) is 6.04 Å². The van der Waals surface area contributed by atoms with E-state index in [9.17, 15) is 9.59 Å². The van der Waals surface area contributed by atoms with Gasteiger partial charge >= 0.3 is 12.1 Å². The lowest BCUT2D eigenvalue weighted by Crippen LogP contribution is -2.41. The molecule has 2 N–H and O–H groups in total. The topological polar surface area (TPSA) is 75.6 Å². The van der Waals surface area contributed by atoms with Crippen molar-refractivity contribution < 1.29 is 19.4 Å². The number of carbonyl (C=O) groups is 2. The van der Waals surface area contributed by atoms with E-state index in [1.807, 2.05) is 0 Å². The van der Waals surface area contributed by atoms with E-state index >= 15 is 0 Å². The van der Waals surface area contributed by atoms with E-state index in [0.717, 1.165) is 38.5 Å². The van der Waals surface area contributed by atoms with Gasteiger partial charge in [-0.3, -0.25) is 0 Å². The Kier molecular flexibility index (Phi) is 12.0. The number of hydrogen-bond acceptors (Lipinski definition) is 3. The number of carboxylic acid groups (broad SMARTS) is 1. The van der Waals surface area contributed by atoms with Gasteiger partial charge in [-0.15, -0.1) is 0 Å². The van der Waals surface area contributed by atoms with Crippen LogP contribution in [0.5, 0.6) is 0 Å². The van der Waals surface area contributed by atoms with Crippen LogP contribution in [0, 0.1) is 0 Å². The minimum atomic E-state index is -1.17. The van der Waals surface area contributed by atoms with E-state index in [0.29, 0.717) is 13.0 Å². The maximum Gasteiger partial charge on any atom is 0.405 e. The quantitative estimate of drug-likeness (QED) is 0.424. The van der Waals surface area contributed by atoms with Crippen molar-refractivity contribution in [1.29, 1.82) is 0 Å². The highest BCUT2D eigenvalue weighted by Gasteiger charge is 2.21. The van der Waals surface area contributed by atoms with Gasteiger partial charge in [0.15, 0.2) is 0 Å². The van der Waals surface area contributed by atoms with Crippen molar-refractivity contribution in [1.82, 2.24) is 5.32 Å². The number of ether oxygens (including phenoxy) is 1. The molecule has 5 heteroatoms. The first-order valence-electron chi connectivity index (χ1n) is 7.77. The van der Waals surface area contributed by atoms with Gasteiger partial charge in [-0.1, -0.05) is 58.8 Å². The van der Waals surface area contributed by atoms with Crippen molar-refractivity contribution in [3.63, 3.8) is 0 Å². The second-order valence-corrected chi connectivity index (χ2v) is 5.08. The predicted octanol–water partition coefficient (Wildman–Crippen LogP) is 3.72. The third-order valence-electron chi connectivity index (χ3n) is 3.17. The molecule has 0 fully saturated rings. The average molecular weight is 287 g/mol. The van der Waals surface area contributed by atoms with Crippen molar-refractivity contribution in [3.05, 3.63) is 0 Å². The molecular formula is C15H29NO4. The summed E-state index contributed by atoms with van der Waals surface area (Å²) in [5.41, 5.74) is 0. The molecule has 0 rings (SSSR count). The molecule has 0 spiro atoms. The number of amides is 1. The van der Waals surface area contributed by atoms with Crippen LogP contribution < -0.4 is 5.32 Å². The Balaban J connectivity index is 3.90. The Morgan fingerprint density at radius 1 is 1.00 bits per heavy atom. The molecule has 1 atom stereocenters. The van der Waals surface area contributed by atoms with E-state index in [-0.39, 0.29) is 0 Å². The number of carbonyl (C=O) groups excluding carboxylic acids is 1. The molecule has 0 aromatic rings. The van der Waals surface area contributed by atoms with Gasteiger partial charge in [-0.2, -0.15) is 0 Å². The summed E-state index contributed by atoms with van der Waals surface area (Å²) in [7, 11) is 0. The van der Waals surface area contributed by atoms with E-state index in [1.54, 1.807) is 0 Å². The average Bonchev–Trinajstić information content (AvgIpc) is 2.41. The van der Waals surface area contributed by atoms with Gasteiger partial charge < -0.3 is 15.2 Å². The highest BCUT2D eigenvalue weighted by molar-refractivity contribution is 5.80. The summed E-state index contributed by atoms with van der Waals surface area (Å²) in [6.45, 7) is 4.60. The predicted molar refractivity (Wildman–Crippen MR) is 78.8 cm³/mol. The fourth-order valence-electron chi connectivity index (χ4n) is 1.98. The molecular weight excluding hydrogens is 258 g/mol. The molecule has 0 aromatic carbocycles. The zero-order valence-electron chi connectivity index (χ0n) is 12.8. The van der Waals surface area contributed by atoms with Gasteiger partial charge in [0, 0.05) is 0 Å². The second kappa shape index (κ2) is 12.8. The number of nitrogens with one attached hydrogen (secondary N) is 1.